The van der Waals surface area contributed by atoms with Crippen molar-refractivity contribution in [3.63, 3.8) is 0 Å². The maximum Gasteiger partial charge on any atom is 0.227 e. The van der Waals surface area contributed by atoms with Gasteiger partial charge in [0.05, 0.1) is 5.69 Å². The van der Waals surface area contributed by atoms with Crippen LogP contribution in [0.1, 0.15) is 19.5 Å². The van der Waals surface area contributed by atoms with Crippen molar-refractivity contribution in [2.45, 2.75) is 20.3 Å². The molecule has 0 spiro atoms. The van der Waals surface area contributed by atoms with Crippen LogP contribution in [0.15, 0.2) is 59.1 Å². The molecule has 114 valence electrons. The molecule has 3 aromatic heterocycles. The van der Waals surface area contributed by atoms with Gasteiger partial charge in [0.2, 0.25) is 5.71 Å². The van der Waals surface area contributed by atoms with E-state index in [4.69, 9.17) is 9.40 Å². The second-order valence-corrected chi connectivity index (χ2v) is 6.25. The van der Waals surface area contributed by atoms with Gasteiger partial charge >= 0.3 is 0 Å². The molecule has 0 aliphatic carbocycles. The molecule has 0 radical (unpaired) electrons. The predicted molar refractivity (Wildman–Crippen MR) is 93.3 cm³/mol. The van der Waals surface area contributed by atoms with Gasteiger partial charge in [-0.15, -0.1) is 0 Å². The quantitative estimate of drug-likeness (QED) is 0.519. The highest BCUT2D eigenvalue weighted by molar-refractivity contribution is 6.08. The van der Waals surface area contributed by atoms with E-state index in [1.165, 1.54) is 0 Å². The number of hydrogen-bond donors (Lipinski definition) is 0. The maximum absolute atomic E-state index is 6.11. The Hall–Kier alpha value is -2.68. The smallest absolute Gasteiger partial charge is 0.227 e. The SMILES string of the molecule is CC(C)Cc1ccc2c(n1)oc1c(-c3ccccn3)cccc12. The van der Waals surface area contributed by atoms with Crippen LogP contribution in [0.2, 0.25) is 0 Å². The van der Waals surface area contributed by atoms with Gasteiger partial charge in [-0.3, -0.25) is 4.98 Å². The number of hydrogen-bond acceptors (Lipinski definition) is 3. The van der Waals surface area contributed by atoms with Gasteiger partial charge in [0.15, 0.2) is 0 Å². The Morgan fingerprint density at radius 2 is 1.87 bits per heavy atom. The first-order valence-corrected chi connectivity index (χ1v) is 7.95. The first-order chi connectivity index (χ1) is 11.2. The van der Waals surface area contributed by atoms with Crippen LogP contribution in [0, 0.1) is 5.92 Å². The molecule has 23 heavy (non-hydrogen) atoms. The maximum atomic E-state index is 6.11. The fourth-order valence-electron chi connectivity index (χ4n) is 2.97. The molecule has 0 aliphatic heterocycles. The van der Waals surface area contributed by atoms with Gasteiger partial charge in [-0.05, 0) is 42.7 Å². The molecule has 1 aromatic carbocycles. The second kappa shape index (κ2) is 5.51. The lowest BCUT2D eigenvalue weighted by Gasteiger charge is -2.02. The van der Waals surface area contributed by atoms with E-state index in [0.29, 0.717) is 11.6 Å². The average Bonchev–Trinajstić information content (AvgIpc) is 2.92. The molecule has 3 nitrogen and oxygen atoms in total. The van der Waals surface area contributed by atoms with Crippen molar-refractivity contribution in [2.24, 2.45) is 5.92 Å². The fraction of sp³-hybridized carbons (Fsp3) is 0.200. The van der Waals surface area contributed by atoms with E-state index in [1.807, 2.05) is 30.3 Å². The van der Waals surface area contributed by atoms with Crippen LogP contribution in [-0.2, 0) is 6.42 Å². The minimum Gasteiger partial charge on any atom is -0.437 e. The molecular weight excluding hydrogens is 284 g/mol. The Morgan fingerprint density at radius 3 is 2.65 bits per heavy atom. The first kappa shape index (κ1) is 13.9. The van der Waals surface area contributed by atoms with E-state index < -0.39 is 0 Å². The van der Waals surface area contributed by atoms with E-state index in [-0.39, 0.29) is 0 Å². The highest BCUT2D eigenvalue weighted by atomic mass is 16.3. The van der Waals surface area contributed by atoms with Crippen LogP contribution >= 0.6 is 0 Å². The lowest BCUT2D eigenvalue weighted by Crippen LogP contribution is -1.96. The van der Waals surface area contributed by atoms with Crippen molar-refractivity contribution < 1.29 is 4.42 Å². The summed E-state index contributed by atoms with van der Waals surface area (Å²) < 4.78 is 6.11. The third kappa shape index (κ3) is 2.48. The largest absolute Gasteiger partial charge is 0.437 e. The topological polar surface area (TPSA) is 38.9 Å². The summed E-state index contributed by atoms with van der Waals surface area (Å²) in [7, 11) is 0. The summed E-state index contributed by atoms with van der Waals surface area (Å²) in [6.07, 6.45) is 2.76. The van der Waals surface area contributed by atoms with Crippen molar-refractivity contribution in [3.8, 4) is 11.3 Å². The predicted octanol–water partition coefficient (Wildman–Crippen LogP) is 5.24. The molecule has 0 amide bonds. The molecule has 0 bridgehead atoms. The number of nitrogens with zero attached hydrogens (tertiary/aromatic N) is 2. The van der Waals surface area contributed by atoms with Gasteiger partial charge in [0.25, 0.3) is 0 Å². The highest BCUT2D eigenvalue weighted by Crippen LogP contribution is 2.34. The average molecular weight is 302 g/mol. The monoisotopic (exact) mass is 302 g/mol. The molecular formula is C20H18N2O. The van der Waals surface area contributed by atoms with Crippen LogP contribution in [0.5, 0.6) is 0 Å². The molecule has 0 aliphatic rings. The van der Waals surface area contributed by atoms with Crippen LogP contribution in [-0.4, -0.2) is 9.97 Å². The van der Waals surface area contributed by atoms with E-state index in [9.17, 15) is 0 Å². The van der Waals surface area contributed by atoms with Gasteiger partial charge in [-0.2, -0.15) is 0 Å². The molecule has 0 saturated carbocycles. The lowest BCUT2D eigenvalue weighted by molar-refractivity contribution is 0.621. The Kier molecular flexibility index (Phi) is 3.34. The van der Waals surface area contributed by atoms with E-state index in [2.05, 4.69) is 37.0 Å². The summed E-state index contributed by atoms with van der Waals surface area (Å²) >= 11 is 0. The summed E-state index contributed by atoms with van der Waals surface area (Å²) in [5.74, 6) is 0.577. The number of pyridine rings is 2. The van der Waals surface area contributed by atoms with Crippen molar-refractivity contribution in [1.82, 2.24) is 9.97 Å². The summed E-state index contributed by atoms with van der Waals surface area (Å²) in [5.41, 5.74) is 4.56. The first-order valence-electron chi connectivity index (χ1n) is 7.95. The van der Waals surface area contributed by atoms with Gasteiger partial charge < -0.3 is 4.42 Å². The molecule has 0 saturated heterocycles. The number of rotatable bonds is 3. The van der Waals surface area contributed by atoms with Crippen LogP contribution in [0.3, 0.4) is 0 Å². The van der Waals surface area contributed by atoms with Crippen molar-refractivity contribution in [1.29, 1.82) is 0 Å². The number of benzene rings is 1. The zero-order valence-corrected chi connectivity index (χ0v) is 13.3. The van der Waals surface area contributed by atoms with Crippen molar-refractivity contribution >= 4 is 22.1 Å². The summed E-state index contributed by atoms with van der Waals surface area (Å²) in [4.78, 5) is 9.15. The standard InChI is InChI=1S/C20H18N2O/c1-13(2)12-14-9-10-16-15-6-5-7-17(18-8-3-4-11-21-18)19(15)23-20(16)22-14/h3-11,13H,12H2,1-2H3. The molecule has 4 rings (SSSR count). The third-order valence-corrected chi connectivity index (χ3v) is 3.98. The number of fused-ring (bicyclic) bond motifs is 3. The van der Waals surface area contributed by atoms with Crippen LogP contribution in [0.25, 0.3) is 33.3 Å². The van der Waals surface area contributed by atoms with Gasteiger partial charge in [0.1, 0.15) is 5.58 Å². The normalized spacial score (nSPS) is 11.6. The van der Waals surface area contributed by atoms with Crippen LogP contribution in [0.4, 0.5) is 0 Å². The molecule has 3 heteroatoms. The Bertz CT molecular complexity index is 971. The fourth-order valence-corrected chi connectivity index (χ4v) is 2.97. The van der Waals surface area contributed by atoms with E-state index >= 15 is 0 Å². The molecule has 3 heterocycles. The molecule has 0 N–H and O–H groups in total. The number of furan rings is 1. The lowest BCUT2D eigenvalue weighted by atomic mass is 10.1. The van der Waals surface area contributed by atoms with Gasteiger partial charge in [0, 0.05) is 28.2 Å². The molecule has 4 aromatic rings. The summed E-state index contributed by atoms with van der Waals surface area (Å²) in [5, 5.41) is 2.15. The molecule has 0 unspecified atom stereocenters. The Labute approximate surface area is 135 Å². The van der Waals surface area contributed by atoms with E-state index in [1.54, 1.807) is 6.20 Å². The zero-order chi connectivity index (χ0) is 15.8. The minimum absolute atomic E-state index is 0.577. The minimum atomic E-state index is 0.577. The van der Waals surface area contributed by atoms with Gasteiger partial charge in [-0.1, -0.05) is 32.0 Å². The van der Waals surface area contributed by atoms with Gasteiger partial charge in [-0.25, -0.2) is 4.98 Å². The second-order valence-electron chi connectivity index (χ2n) is 6.25. The number of para-hydroxylation sites is 1. The number of aromatic nitrogens is 2. The van der Waals surface area contributed by atoms with Crippen LogP contribution < -0.4 is 0 Å². The van der Waals surface area contributed by atoms with Crippen molar-refractivity contribution in [2.75, 3.05) is 0 Å². The summed E-state index contributed by atoms with van der Waals surface area (Å²) in [6.45, 7) is 4.40. The van der Waals surface area contributed by atoms with Crippen molar-refractivity contribution in [3.05, 3.63) is 60.4 Å². The Morgan fingerprint density at radius 1 is 0.957 bits per heavy atom. The Balaban J connectivity index is 1.94. The molecule has 0 fully saturated rings. The summed E-state index contributed by atoms with van der Waals surface area (Å²) in [6, 6.07) is 16.3. The van der Waals surface area contributed by atoms with E-state index in [0.717, 1.165) is 39.7 Å². The molecule has 0 atom stereocenters. The zero-order valence-electron chi connectivity index (χ0n) is 13.3. The highest BCUT2D eigenvalue weighted by Gasteiger charge is 2.14. The third-order valence-electron chi connectivity index (χ3n) is 3.98.